The quantitative estimate of drug-likeness (QED) is 0.908. The van der Waals surface area contributed by atoms with E-state index >= 15 is 0 Å². The number of hydrogen-bond donors (Lipinski definition) is 1. The van der Waals surface area contributed by atoms with Crippen molar-refractivity contribution >= 4 is 5.91 Å². The summed E-state index contributed by atoms with van der Waals surface area (Å²) >= 11 is 0. The second-order valence-corrected chi connectivity index (χ2v) is 6.53. The van der Waals surface area contributed by atoms with Crippen LogP contribution in [0.25, 0.3) is 0 Å². The molecule has 1 atom stereocenters. The Kier molecular flexibility index (Phi) is 5.51. The van der Waals surface area contributed by atoms with E-state index in [-0.39, 0.29) is 11.5 Å². The van der Waals surface area contributed by atoms with Crippen LogP contribution in [0.15, 0.2) is 6.33 Å². The number of aryl methyl sites for hydroxylation is 2. The Morgan fingerprint density at radius 1 is 1.32 bits per heavy atom. The van der Waals surface area contributed by atoms with E-state index in [1.807, 2.05) is 13.8 Å². The Labute approximate surface area is 132 Å². The van der Waals surface area contributed by atoms with Crippen molar-refractivity contribution in [3.63, 3.8) is 0 Å². The van der Waals surface area contributed by atoms with Crippen LogP contribution in [0.4, 0.5) is 0 Å². The molecule has 1 aliphatic rings. The van der Waals surface area contributed by atoms with E-state index in [2.05, 4.69) is 29.1 Å². The summed E-state index contributed by atoms with van der Waals surface area (Å²) in [4.78, 5) is 21.1. The van der Waals surface area contributed by atoms with Gasteiger partial charge in [-0.3, -0.25) is 4.79 Å². The van der Waals surface area contributed by atoms with E-state index in [0.29, 0.717) is 18.0 Å². The van der Waals surface area contributed by atoms with Gasteiger partial charge in [0.25, 0.3) is 5.91 Å². The van der Waals surface area contributed by atoms with Crippen molar-refractivity contribution < 1.29 is 9.53 Å². The van der Waals surface area contributed by atoms with Gasteiger partial charge in [-0.2, -0.15) is 0 Å². The molecule has 2 heterocycles. The lowest BCUT2D eigenvalue weighted by molar-refractivity contribution is -0.0715. The number of amides is 1. The standard InChI is InChI=1S/C17H27N3O2/c1-5-13-15(14(6-2)20-11-19-13)16(21)18-10-12-7-8-22-17(3,4)9-12/h11-12H,5-10H2,1-4H3,(H,18,21). The third kappa shape index (κ3) is 4.03. The Morgan fingerprint density at radius 3 is 2.50 bits per heavy atom. The molecule has 1 saturated heterocycles. The van der Waals surface area contributed by atoms with Crippen LogP contribution in [0.3, 0.4) is 0 Å². The van der Waals surface area contributed by atoms with E-state index in [4.69, 9.17) is 4.74 Å². The molecule has 0 spiro atoms. The number of nitrogens with one attached hydrogen (secondary N) is 1. The Bertz CT molecular complexity index is 506. The summed E-state index contributed by atoms with van der Waals surface area (Å²) in [5.41, 5.74) is 2.24. The maximum absolute atomic E-state index is 12.6. The highest BCUT2D eigenvalue weighted by molar-refractivity contribution is 5.96. The van der Waals surface area contributed by atoms with Crippen molar-refractivity contribution in [3.05, 3.63) is 23.3 Å². The van der Waals surface area contributed by atoms with Gasteiger partial charge in [-0.05, 0) is 45.4 Å². The second kappa shape index (κ2) is 7.18. The molecule has 0 bridgehead atoms. The highest BCUT2D eigenvalue weighted by atomic mass is 16.5. The van der Waals surface area contributed by atoms with Gasteiger partial charge in [-0.15, -0.1) is 0 Å². The van der Waals surface area contributed by atoms with Gasteiger partial charge in [0.15, 0.2) is 0 Å². The summed E-state index contributed by atoms with van der Waals surface area (Å²) in [5.74, 6) is 0.422. The molecule has 0 saturated carbocycles. The summed E-state index contributed by atoms with van der Waals surface area (Å²) in [7, 11) is 0. The zero-order valence-corrected chi connectivity index (χ0v) is 14.1. The first kappa shape index (κ1) is 16.9. The summed E-state index contributed by atoms with van der Waals surface area (Å²) < 4.78 is 5.73. The van der Waals surface area contributed by atoms with Crippen molar-refractivity contribution in [2.75, 3.05) is 13.2 Å². The normalized spacial score (nSPS) is 20.6. The summed E-state index contributed by atoms with van der Waals surface area (Å²) in [6, 6.07) is 0. The van der Waals surface area contributed by atoms with Crippen LogP contribution in [-0.4, -0.2) is 34.6 Å². The molecule has 0 radical (unpaired) electrons. The molecule has 122 valence electrons. The number of nitrogens with zero attached hydrogens (tertiary/aromatic N) is 2. The molecule has 1 fully saturated rings. The van der Waals surface area contributed by atoms with Gasteiger partial charge in [0.1, 0.15) is 6.33 Å². The number of carbonyl (C=O) groups excluding carboxylic acids is 1. The highest BCUT2D eigenvalue weighted by Crippen LogP contribution is 2.28. The average molecular weight is 305 g/mol. The minimum Gasteiger partial charge on any atom is -0.376 e. The van der Waals surface area contributed by atoms with Gasteiger partial charge >= 0.3 is 0 Å². The van der Waals surface area contributed by atoms with Crippen LogP contribution in [0, 0.1) is 5.92 Å². The van der Waals surface area contributed by atoms with E-state index < -0.39 is 0 Å². The first-order valence-electron chi connectivity index (χ1n) is 8.21. The summed E-state index contributed by atoms with van der Waals surface area (Å²) in [5, 5.41) is 3.08. The molecule has 1 N–H and O–H groups in total. The molecule has 22 heavy (non-hydrogen) atoms. The van der Waals surface area contributed by atoms with E-state index in [1.54, 1.807) is 6.33 Å². The molecular weight excluding hydrogens is 278 g/mol. The number of hydrogen-bond acceptors (Lipinski definition) is 4. The van der Waals surface area contributed by atoms with Crippen molar-refractivity contribution in [3.8, 4) is 0 Å². The van der Waals surface area contributed by atoms with Crippen LogP contribution in [0.5, 0.6) is 0 Å². The smallest absolute Gasteiger partial charge is 0.255 e. The highest BCUT2D eigenvalue weighted by Gasteiger charge is 2.29. The van der Waals surface area contributed by atoms with Crippen molar-refractivity contribution in [2.24, 2.45) is 5.92 Å². The van der Waals surface area contributed by atoms with E-state index in [0.717, 1.165) is 43.7 Å². The lowest BCUT2D eigenvalue weighted by atomic mass is 9.88. The first-order valence-corrected chi connectivity index (χ1v) is 8.21. The molecule has 0 aromatic carbocycles. The molecule has 5 heteroatoms. The zero-order chi connectivity index (χ0) is 16.2. The number of rotatable bonds is 5. The molecule has 1 aliphatic heterocycles. The van der Waals surface area contributed by atoms with Crippen molar-refractivity contribution in [1.82, 2.24) is 15.3 Å². The Hall–Kier alpha value is -1.49. The van der Waals surface area contributed by atoms with Crippen molar-refractivity contribution in [2.45, 2.75) is 59.0 Å². The van der Waals surface area contributed by atoms with Gasteiger partial charge < -0.3 is 10.1 Å². The van der Waals surface area contributed by atoms with Crippen LogP contribution < -0.4 is 5.32 Å². The van der Waals surface area contributed by atoms with Gasteiger partial charge in [-0.25, -0.2) is 9.97 Å². The van der Waals surface area contributed by atoms with E-state index in [9.17, 15) is 4.79 Å². The molecule has 1 amide bonds. The number of carbonyl (C=O) groups is 1. The first-order chi connectivity index (χ1) is 10.5. The Balaban J connectivity index is 2.04. The fourth-order valence-electron chi connectivity index (χ4n) is 3.12. The van der Waals surface area contributed by atoms with Gasteiger partial charge in [0.05, 0.1) is 22.6 Å². The topological polar surface area (TPSA) is 64.1 Å². The number of aromatic nitrogens is 2. The summed E-state index contributed by atoms with van der Waals surface area (Å²) in [6.45, 7) is 9.70. The largest absolute Gasteiger partial charge is 0.376 e. The molecule has 1 aromatic heterocycles. The fraction of sp³-hybridized carbons (Fsp3) is 0.706. The molecule has 5 nitrogen and oxygen atoms in total. The Morgan fingerprint density at radius 2 is 1.95 bits per heavy atom. The second-order valence-electron chi connectivity index (χ2n) is 6.53. The monoisotopic (exact) mass is 305 g/mol. The zero-order valence-electron chi connectivity index (χ0n) is 14.1. The average Bonchev–Trinajstić information content (AvgIpc) is 2.50. The van der Waals surface area contributed by atoms with Crippen LogP contribution in [0.1, 0.15) is 62.3 Å². The van der Waals surface area contributed by atoms with Crippen molar-refractivity contribution in [1.29, 1.82) is 0 Å². The van der Waals surface area contributed by atoms with Gasteiger partial charge in [0, 0.05) is 13.2 Å². The lowest BCUT2D eigenvalue weighted by Gasteiger charge is -2.35. The van der Waals surface area contributed by atoms with Crippen LogP contribution >= 0.6 is 0 Å². The molecule has 0 aliphatic carbocycles. The minimum absolute atomic E-state index is 0.0430. The number of ether oxygens (including phenoxy) is 1. The summed E-state index contributed by atoms with van der Waals surface area (Å²) in [6.07, 6.45) is 5.00. The third-order valence-corrected chi connectivity index (χ3v) is 4.25. The molecule has 1 unspecified atom stereocenters. The van der Waals surface area contributed by atoms with Crippen LogP contribution in [-0.2, 0) is 17.6 Å². The van der Waals surface area contributed by atoms with E-state index in [1.165, 1.54) is 0 Å². The predicted molar refractivity (Wildman–Crippen MR) is 85.9 cm³/mol. The van der Waals surface area contributed by atoms with Crippen LogP contribution in [0.2, 0.25) is 0 Å². The maximum Gasteiger partial charge on any atom is 0.255 e. The fourth-order valence-corrected chi connectivity index (χ4v) is 3.12. The molecule has 2 rings (SSSR count). The third-order valence-electron chi connectivity index (χ3n) is 4.25. The molecular formula is C17H27N3O2. The van der Waals surface area contributed by atoms with Gasteiger partial charge in [0.2, 0.25) is 0 Å². The minimum atomic E-state index is -0.0906. The lowest BCUT2D eigenvalue weighted by Crippen LogP contribution is -2.39. The SMILES string of the molecule is CCc1ncnc(CC)c1C(=O)NCC1CCOC(C)(C)C1. The predicted octanol–water partition coefficient (Wildman–Crippen LogP) is 2.54. The maximum atomic E-state index is 12.6. The molecule has 1 aromatic rings. The van der Waals surface area contributed by atoms with Gasteiger partial charge in [-0.1, -0.05) is 13.8 Å².